The van der Waals surface area contributed by atoms with Crippen molar-refractivity contribution in [1.29, 1.82) is 0 Å². The van der Waals surface area contributed by atoms with Crippen LogP contribution in [0.15, 0.2) is 85.1 Å². The summed E-state index contributed by atoms with van der Waals surface area (Å²) in [5, 5.41) is 0. The van der Waals surface area contributed by atoms with E-state index in [-0.39, 0.29) is 38.6 Å². The third-order valence-corrected chi connectivity index (χ3v) is 13.7. The Morgan fingerprint density at radius 3 is 1.12 bits per heavy atom. The molecule has 0 radical (unpaired) electrons. The summed E-state index contributed by atoms with van der Waals surface area (Å²) in [6, 6.07) is 0. The van der Waals surface area contributed by atoms with Crippen molar-refractivity contribution in [2.24, 2.45) is 5.73 Å². The standard InChI is InChI=1S/C63H112NO8P/c1-3-5-7-9-11-13-15-17-19-21-23-25-27-28-29-30-31-32-34-35-37-39-41-43-45-47-49-51-53-55-62(65)69-59-61(60-71-73(67,68)70-58-57-64)72-63(66)56-54-52-50-48-46-44-42-40-38-36-33-26-24-22-20-18-16-14-12-10-8-6-4-2/h6,8,12,14-15,17-18,20-21,23-24,26-28,61H,3-5,7,9-11,13,16,19,22,25,29-60,64H2,1-2H3,(H,67,68)/b8-6-,14-12-,17-15-,20-18-,23-21-,26-24-,28-27-. The van der Waals surface area contributed by atoms with Crippen molar-refractivity contribution in [2.45, 2.75) is 277 Å². The van der Waals surface area contributed by atoms with E-state index in [1.165, 1.54) is 154 Å². The van der Waals surface area contributed by atoms with Gasteiger partial charge in [0.05, 0.1) is 13.2 Å². The van der Waals surface area contributed by atoms with Crippen LogP contribution >= 0.6 is 7.82 Å². The van der Waals surface area contributed by atoms with Crippen molar-refractivity contribution in [3.05, 3.63) is 85.1 Å². The van der Waals surface area contributed by atoms with Crippen molar-refractivity contribution < 1.29 is 37.6 Å². The SMILES string of the molecule is CC/C=C\C/C=C\C/C=C\C/C=C\CCCCCCCCCCCCC(=O)OC(COC(=O)CCCCCCCCCCCCCCCC/C=C\C/C=C\C/C=C\CCCCCCC)COP(=O)(O)OCCN. The number of ether oxygens (including phenoxy) is 2. The first kappa shape index (κ1) is 70.2. The molecule has 0 rings (SSSR count). The van der Waals surface area contributed by atoms with Gasteiger partial charge in [-0.2, -0.15) is 0 Å². The molecule has 0 aromatic heterocycles. The largest absolute Gasteiger partial charge is 0.472 e. The van der Waals surface area contributed by atoms with Crippen LogP contribution in [0.25, 0.3) is 0 Å². The fourth-order valence-electron chi connectivity index (χ4n) is 8.34. The molecule has 0 fully saturated rings. The fraction of sp³-hybridized carbons (Fsp3) is 0.746. The van der Waals surface area contributed by atoms with Crippen LogP contribution < -0.4 is 5.73 Å². The van der Waals surface area contributed by atoms with Gasteiger partial charge in [-0.3, -0.25) is 18.6 Å². The van der Waals surface area contributed by atoms with E-state index in [0.29, 0.717) is 6.42 Å². The van der Waals surface area contributed by atoms with Gasteiger partial charge in [0, 0.05) is 19.4 Å². The molecule has 73 heavy (non-hydrogen) atoms. The molecule has 2 atom stereocenters. The summed E-state index contributed by atoms with van der Waals surface area (Å²) in [5.74, 6) is -0.830. The number of carbonyl (C=O) groups is 2. The average Bonchev–Trinajstić information content (AvgIpc) is 3.38. The van der Waals surface area contributed by atoms with Crippen LogP contribution in [0.2, 0.25) is 0 Å². The molecule has 0 aromatic rings. The monoisotopic (exact) mass is 1040 g/mol. The Morgan fingerprint density at radius 2 is 0.753 bits per heavy atom. The zero-order chi connectivity index (χ0) is 53.1. The van der Waals surface area contributed by atoms with Gasteiger partial charge < -0.3 is 20.1 Å². The number of unbranched alkanes of at least 4 members (excludes halogenated alkanes) is 29. The van der Waals surface area contributed by atoms with Crippen LogP contribution in [-0.2, 0) is 32.7 Å². The fourth-order valence-corrected chi connectivity index (χ4v) is 9.11. The average molecular weight is 1040 g/mol. The third kappa shape index (κ3) is 58.3. The predicted octanol–water partition coefficient (Wildman–Crippen LogP) is 19.1. The Morgan fingerprint density at radius 1 is 0.425 bits per heavy atom. The lowest BCUT2D eigenvalue weighted by Crippen LogP contribution is -2.29. The summed E-state index contributed by atoms with van der Waals surface area (Å²) in [7, 11) is -4.39. The lowest BCUT2D eigenvalue weighted by atomic mass is 10.0. The lowest BCUT2D eigenvalue weighted by Gasteiger charge is -2.19. The van der Waals surface area contributed by atoms with Gasteiger partial charge in [0.15, 0.2) is 6.10 Å². The molecule has 0 aliphatic carbocycles. The first-order valence-corrected chi connectivity index (χ1v) is 31.6. The molecule has 9 nitrogen and oxygen atoms in total. The Kier molecular flexibility index (Phi) is 56.2. The Balaban J connectivity index is 3.96. The van der Waals surface area contributed by atoms with E-state index in [1.54, 1.807) is 0 Å². The third-order valence-electron chi connectivity index (χ3n) is 12.8. The minimum atomic E-state index is -4.39. The van der Waals surface area contributed by atoms with Crippen molar-refractivity contribution in [2.75, 3.05) is 26.4 Å². The lowest BCUT2D eigenvalue weighted by molar-refractivity contribution is -0.161. The number of rotatable bonds is 56. The molecular formula is C63H112NO8P. The van der Waals surface area contributed by atoms with Gasteiger partial charge in [0.1, 0.15) is 6.61 Å². The van der Waals surface area contributed by atoms with Gasteiger partial charge in [-0.15, -0.1) is 0 Å². The van der Waals surface area contributed by atoms with Gasteiger partial charge >= 0.3 is 19.8 Å². The minimum Gasteiger partial charge on any atom is -0.462 e. The van der Waals surface area contributed by atoms with E-state index >= 15 is 0 Å². The second-order valence-corrected chi connectivity index (χ2v) is 21.3. The first-order valence-electron chi connectivity index (χ1n) is 30.1. The number of hydrogen-bond donors (Lipinski definition) is 2. The zero-order valence-corrected chi connectivity index (χ0v) is 48.0. The number of phosphoric acid groups is 1. The van der Waals surface area contributed by atoms with Crippen LogP contribution in [-0.4, -0.2) is 49.3 Å². The molecule has 0 bridgehead atoms. The molecule has 0 amide bonds. The summed E-state index contributed by atoms with van der Waals surface area (Å²) in [6.07, 6.45) is 76.4. The smallest absolute Gasteiger partial charge is 0.462 e. The summed E-state index contributed by atoms with van der Waals surface area (Å²) in [6.45, 7) is 3.63. The van der Waals surface area contributed by atoms with E-state index in [1.807, 2.05) is 0 Å². The molecular weight excluding hydrogens is 930 g/mol. The van der Waals surface area contributed by atoms with Crippen LogP contribution in [0, 0.1) is 0 Å². The maximum Gasteiger partial charge on any atom is 0.472 e. The van der Waals surface area contributed by atoms with Gasteiger partial charge in [0.2, 0.25) is 0 Å². The van der Waals surface area contributed by atoms with Gasteiger partial charge in [-0.05, 0) is 89.9 Å². The Hall–Kier alpha value is -2.81. The van der Waals surface area contributed by atoms with Gasteiger partial charge in [-0.25, -0.2) is 4.57 Å². The van der Waals surface area contributed by atoms with Gasteiger partial charge in [-0.1, -0.05) is 253 Å². The van der Waals surface area contributed by atoms with Crippen LogP contribution in [0.1, 0.15) is 271 Å². The van der Waals surface area contributed by atoms with Crippen molar-refractivity contribution in [1.82, 2.24) is 0 Å². The van der Waals surface area contributed by atoms with Crippen molar-refractivity contribution in [3.63, 3.8) is 0 Å². The van der Waals surface area contributed by atoms with E-state index in [4.69, 9.17) is 24.3 Å². The topological polar surface area (TPSA) is 134 Å². The maximum absolute atomic E-state index is 12.7. The first-order chi connectivity index (χ1) is 35.8. The molecule has 0 aliphatic heterocycles. The molecule has 422 valence electrons. The normalized spacial score (nSPS) is 13.6. The maximum atomic E-state index is 12.7. The summed E-state index contributed by atoms with van der Waals surface area (Å²) in [4.78, 5) is 35.2. The summed E-state index contributed by atoms with van der Waals surface area (Å²) in [5.41, 5.74) is 5.39. The van der Waals surface area contributed by atoms with E-state index < -0.39 is 26.5 Å². The summed E-state index contributed by atoms with van der Waals surface area (Å²) >= 11 is 0. The Bertz CT molecular complexity index is 1470. The molecule has 0 saturated carbocycles. The zero-order valence-electron chi connectivity index (χ0n) is 47.1. The highest BCUT2D eigenvalue weighted by molar-refractivity contribution is 7.47. The molecule has 0 spiro atoms. The molecule has 2 unspecified atom stereocenters. The van der Waals surface area contributed by atoms with Crippen LogP contribution in [0.3, 0.4) is 0 Å². The molecule has 10 heteroatoms. The number of phosphoric ester groups is 1. The minimum absolute atomic E-state index is 0.0497. The van der Waals surface area contributed by atoms with Crippen molar-refractivity contribution >= 4 is 19.8 Å². The van der Waals surface area contributed by atoms with E-state index in [9.17, 15) is 19.0 Å². The number of allylic oxidation sites excluding steroid dienone is 14. The number of esters is 2. The van der Waals surface area contributed by atoms with E-state index in [2.05, 4.69) is 98.9 Å². The molecule has 3 N–H and O–H groups in total. The second-order valence-electron chi connectivity index (χ2n) is 19.8. The summed E-state index contributed by atoms with van der Waals surface area (Å²) < 4.78 is 33.1. The second kappa shape index (κ2) is 58.5. The Labute approximate surface area is 449 Å². The van der Waals surface area contributed by atoms with Gasteiger partial charge in [0.25, 0.3) is 0 Å². The molecule has 0 heterocycles. The van der Waals surface area contributed by atoms with Crippen LogP contribution in [0.5, 0.6) is 0 Å². The molecule has 0 saturated heterocycles. The highest BCUT2D eigenvalue weighted by atomic mass is 31.2. The highest BCUT2D eigenvalue weighted by Gasteiger charge is 2.26. The number of hydrogen-bond acceptors (Lipinski definition) is 8. The quantitative estimate of drug-likeness (QED) is 0.0264. The number of carbonyl (C=O) groups excluding carboxylic acids is 2. The molecule has 0 aromatic carbocycles. The van der Waals surface area contributed by atoms with Crippen LogP contribution in [0.4, 0.5) is 0 Å². The van der Waals surface area contributed by atoms with Crippen molar-refractivity contribution in [3.8, 4) is 0 Å². The van der Waals surface area contributed by atoms with E-state index in [0.717, 1.165) is 83.5 Å². The molecule has 0 aliphatic rings. The number of nitrogens with two attached hydrogens (primary N) is 1. The predicted molar refractivity (Wildman–Crippen MR) is 312 cm³/mol. The highest BCUT2D eigenvalue weighted by Crippen LogP contribution is 2.43.